The van der Waals surface area contributed by atoms with Crippen LogP contribution in [0.1, 0.15) is 47.8 Å². The second kappa shape index (κ2) is 9.35. The van der Waals surface area contributed by atoms with Crippen LogP contribution in [0.3, 0.4) is 0 Å². The molecule has 2 aliphatic rings. The van der Waals surface area contributed by atoms with Crippen molar-refractivity contribution in [3.8, 4) is 0 Å². The number of hydrogen-bond donors (Lipinski definition) is 2. The summed E-state index contributed by atoms with van der Waals surface area (Å²) in [5.41, 5.74) is 2.61. The predicted molar refractivity (Wildman–Crippen MR) is 131 cm³/mol. The van der Waals surface area contributed by atoms with Crippen LogP contribution in [0, 0.1) is 0 Å². The Morgan fingerprint density at radius 3 is 2.67 bits per heavy atom. The summed E-state index contributed by atoms with van der Waals surface area (Å²) in [6.45, 7) is 4.10. The third-order valence-corrected chi connectivity index (χ3v) is 7.22. The molecule has 4 heterocycles. The molecule has 33 heavy (non-hydrogen) atoms. The van der Waals surface area contributed by atoms with Gasteiger partial charge in [-0.25, -0.2) is 4.98 Å². The average Bonchev–Trinajstić information content (AvgIpc) is 2.88. The van der Waals surface area contributed by atoms with Crippen LogP contribution in [0.2, 0.25) is 0 Å². The van der Waals surface area contributed by atoms with Crippen molar-refractivity contribution >= 4 is 22.4 Å². The first-order valence-electron chi connectivity index (χ1n) is 11.9. The molecule has 3 aromatic rings. The van der Waals surface area contributed by atoms with E-state index < -0.39 is 0 Å². The number of amides is 1. The fraction of sp³-hybridized carbons (Fsp3) is 0.423. The lowest BCUT2D eigenvalue weighted by Gasteiger charge is -2.42. The number of aromatic amines is 1. The standard InChI is InChI=1S/C26H31N5O2/c1-27-26(33)23-9-8-21(16-28-23)30-13-10-20(11-14-30)31-12-4-6-19(17-31)24-15-18-5-2-3-7-22(18)25(32)29-24/h2-3,5,7-9,15-16,19-20H,4,6,10-14,17H2,1H3,(H,27,33)(H,29,32). The van der Waals surface area contributed by atoms with Crippen LogP contribution in [-0.2, 0) is 0 Å². The van der Waals surface area contributed by atoms with Crippen LogP contribution in [0.4, 0.5) is 5.69 Å². The molecule has 2 aliphatic heterocycles. The summed E-state index contributed by atoms with van der Waals surface area (Å²) in [5, 5.41) is 4.40. The zero-order valence-electron chi connectivity index (χ0n) is 19.1. The molecule has 1 aromatic carbocycles. The Hall–Kier alpha value is -3.19. The van der Waals surface area contributed by atoms with E-state index >= 15 is 0 Å². The number of rotatable bonds is 4. The van der Waals surface area contributed by atoms with Gasteiger partial charge in [0.1, 0.15) is 5.69 Å². The zero-order valence-corrected chi connectivity index (χ0v) is 19.1. The van der Waals surface area contributed by atoms with Crippen LogP contribution in [-0.4, -0.2) is 60.0 Å². The largest absolute Gasteiger partial charge is 0.370 e. The van der Waals surface area contributed by atoms with Gasteiger partial charge < -0.3 is 15.2 Å². The van der Waals surface area contributed by atoms with E-state index in [1.54, 1.807) is 19.3 Å². The first-order chi connectivity index (χ1) is 16.1. The molecule has 1 atom stereocenters. The smallest absolute Gasteiger partial charge is 0.269 e. The van der Waals surface area contributed by atoms with Gasteiger partial charge in [-0.05, 0) is 61.9 Å². The third-order valence-electron chi connectivity index (χ3n) is 7.22. The highest BCUT2D eigenvalue weighted by molar-refractivity contribution is 5.92. The maximum Gasteiger partial charge on any atom is 0.269 e. The number of H-pyrrole nitrogens is 1. The Morgan fingerprint density at radius 2 is 1.91 bits per heavy atom. The van der Waals surface area contributed by atoms with Crippen LogP contribution >= 0.6 is 0 Å². The second-order valence-corrected chi connectivity index (χ2v) is 9.17. The highest BCUT2D eigenvalue weighted by Crippen LogP contribution is 2.30. The SMILES string of the molecule is CNC(=O)c1ccc(N2CCC(N3CCCC(c4cc5ccccc5c(=O)[nH]4)C3)CC2)cn1. The van der Waals surface area contributed by atoms with Gasteiger partial charge in [-0.3, -0.25) is 14.5 Å². The molecule has 7 heteroatoms. The molecule has 2 saturated heterocycles. The number of likely N-dealkylation sites (tertiary alicyclic amines) is 1. The maximum atomic E-state index is 12.6. The minimum absolute atomic E-state index is 0.0181. The zero-order chi connectivity index (χ0) is 22.8. The molecule has 0 radical (unpaired) electrons. The molecule has 2 fully saturated rings. The first kappa shape index (κ1) is 21.6. The Kier molecular flexibility index (Phi) is 6.13. The van der Waals surface area contributed by atoms with Crippen molar-refractivity contribution in [2.75, 3.05) is 38.1 Å². The van der Waals surface area contributed by atoms with E-state index in [-0.39, 0.29) is 11.5 Å². The Labute approximate surface area is 193 Å². The molecular formula is C26H31N5O2. The van der Waals surface area contributed by atoms with E-state index in [9.17, 15) is 9.59 Å². The molecule has 0 bridgehead atoms. The summed E-state index contributed by atoms with van der Waals surface area (Å²) in [4.78, 5) is 36.8. The minimum atomic E-state index is -0.160. The van der Waals surface area contributed by atoms with Gasteiger partial charge in [-0.15, -0.1) is 0 Å². The number of carbonyl (C=O) groups excluding carboxylic acids is 1. The molecule has 2 N–H and O–H groups in total. The van der Waals surface area contributed by atoms with Crippen molar-refractivity contribution in [1.82, 2.24) is 20.2 Å². The molecule has 0 aliphatic carbocycles. The van der Waals surface area contributed by atoms with Gasteiger partial charge in [0.25, 0.3) is 11.5 Å². The number of carbonyl (C=O) groups is 1. The average molecular weight is 446 g/mol. The van der Waals surface area contributed by atoms with Gasteiger partial charge in [0.05, 0.1) is 11.9 Å². The van der Waals surface area contributed by atoms with E-state index in [1.807, 2.05) is 30.3 Å². The van der Waals surface area contributed by atoms with Gasteiger partial charge in [-0.1, -0.05) is 18.2 Å². The van der Waals surface area contributed by atoms with Gasteiger partial charge in [0.2, 0.25) is 0 Å². The maximum absolute atomic E-state index is 12.6. The number of aromatic nitrogens is 2. The van der Waals surface area contributed by atoms with Crippen molar-refractivity contribution in [3.63, 3.8) is 0 Å². The molecule has 7 nitrogen and oxygen atoms in total. The van der Waals surface area contributed by atoms with E-state index in [4.69, 9.17) is 0 Å². The summed E-state index contributed by atoms with van der Waals surface area (Å²) in [6, 6.07) is 14.3. The lowest BCUT2D eigenvalue weighted by atomic mass is 9.90. The van der Waals surface area contributed by atoms with Crippen LogP contribution in [0.25, 0.3) is 10.8 Å². The number of hydrogen-bond acceptors (Lipinski definition) is 5. The van der Waals surface area contributed by atoms with Crippen LogP contribution in [0.15, 0.2) is 53.5 Å². The summed E-state index contributed by atoms with van der Waals surface area (Å²) in [7, 11) is 1.62. The Balaban J connectivity index is 1.22. The van der Waals surface area contributed by atoms with Gasteiger partial charge in [0.15, 0.2) is 0 Å². The van der Waals surface area contributed by atoms with Gasteiger partial charge in [0, 0.05) is 49.7 Å². The molecule has 0 spiro atoms. The van der Waals surface area contributed by atoms with Crippen molar-refractivity contribution in [2.24, 2.45) is 0 Å². The number of anilines is 1. The minimum Gasteiger partial charge on any atom is -0.370 e. The Bertz CT molecular complexity index is 1180. The van der Waals surface area contributed by atoms with Gasteiger partial charge >= 0.3 is 0 Å². The number of pyridine rings is 2. The summed E-state index contributed by atoms with van der Waals surface area (Å²) < 4.78 is 0. The molecule has 1 unspecified atom stereocenters. The number of fused-ring (bicyclic) bond motifs is 1. The number of nitrogens with zero attached hydrogens (tertiary/aromatic N) is 3. The van der Waals surface area contributed by atoms with Crippen molar-refractivity contribution < 1.29 is 4.79 Å². The highest BCUT2D eigenvalue weighted by atomic mass is 16.1. The summed E-state index contributed by atoms with van der Waals surface area (Å²) >= 11 is 0. The van der Waals surface area contributed by atoms with Crippen LogP contribution in [0.5, 0.6) is 0 Å². The van der Waals surface area contributed by atoms with Crippen molar-refractivity contribution in [3.05, 3.63) is 70.4 Å². The summed E-state index contributed by atoms with van der Waals surface area (Å²) in [5.74, 6) is 0.211. The fourth-order valence-electron chi connectivity index (χ4n) is 5.37. The van der Waals surface area contributed by atoms with E-state index in [1.165, 1.54) is 0 Å². The number of nitrogens with one attached hydrogen (secondary N) is 2. The molecule has 0 saturated carbocycles. The van der Waals surface area contributed by atoms with E-state index in [0.29, 0.717) is 17.7 Å². The fourth-order valence-corrected chi connectivity index (χ4v) is 5.37. The molecule has 2 aromatic heterocycles. The quantitative estimate of drug-likeness (QED) is 0.645. The van der Waals surface area contributed by atoms with Crippen molar-refractivity contribution in [1.29, 1.82) is 0 Å². The van der Waals surface area contributed by atoms with Crippen molar-refractivity contribution in [2.45, 2.75) is 37.6 Å². The normalized spacial score (nSPS) is 20.2. The second-order valence-electron chi connectivity index (χ2n) is 9.17. The molecule has 172 valence electrons. The number of benzene rings is 1. The Morgan fingerprint density at radius 1 is 1.09 bits per heavy atom. The lowest BCUT2D eigenvalue weighted by Crippen LogP contribution is -2.48. The monoisotopic (exact) mass is 445 g/mol. The van der Waals surface area contributed by atoms with E-state index in [2.05, 4.69) is 31.2 Å². The predicted octanol–water partition coefficient (Wildman–Crippen LogP) is 3.13. The highest BCUT2D eigenvalue weighted by Gasteiger charge is 2.30. The molecular weight excluding hydrogens is 414 g/mol. The number of piperidine rings is 2. The first-order valence-corrected chi connectivity index (χ1v) is 11.9. The molecule has 1 amide bonds. The van der Waals surface area contributed by atoms with Gasteiger partial charge in [-0.2, -0.15) is 0 Å². The van der Waals surface area contributed by atoms with E-state index in [0.717, 1.165) is 74.0 Å². The summed E-state index contributed by atoms with van der Waals surface area (Å²) in [6.07, 6.45) is 6.30. The van der Waals surface area contributed by atoms with Crippen LogP contribution < -0.4 is 15.8 Å². The third kappa shape index (κ3) is 4.50. The topological polar surface area (TPSA) is 81.3 Å². The molecule has 5 rings (SSSR count). The lowest BCUT2D eigenvalue weighted by molar-refractivity contribution is 0.0958.